The molecule has 0 saturated carbocycles. The van der Waals surface area contributed by atoms with Gasteiger partial charge in [-0.3, -0.25) is 0 Å². The van der Waals surface area contributed by atoms with Crippen molar-refractivity contribution in [1.29, 1.82) is 0 Å². The summed E-state index contributed by atoms with van der Waals surface area (Å²) in [6.07, 6.45) is -0.482. The molecule has 74 valence electrons. The highest BCUT2D eigenvalue weighted by Gasteiger charge is 2.51. The number of carbonyl (C=O) groups is 1. The molecule has 0 aromatic heterocycles. The minimum Gasteiger partial charge on any atom is -0.474 e. The predicted molar refractivity (Wildman–Crippen MR) is 51.0 cm³/mol. The van der Waals surface area contributed by atoms with Gasteiger partial charge in [0.1, 0.15) is 5.75 Å². The maximum atomic E-state index is 11.1. The highest BCUT2D eigenvalue weighted by Crippen LogP contribution is 2.30. The van der Waals surface area contributed by atoms with Crippen LogP contribution in [0.2, 0.25) is 0 Å². The molecule has 1 heterocycles. The van der Waals surface area contributed by atoms with E-state index < -0.39 is 11.7 Å². The van der Waals surface area contributed by atoms with E-state index in [1.807, 2.05) is 44.2 Å². The number of para-hydroxylation sites is 1. The van der Waals surface area contributed by atoms with E-state index in [2.05, 4.69) is 0 Å². The van der Waals surface area contributed by atoms with Crippen LogP contribution in [-0.4, -0.2) is 17.7 Å². The molecule has 3 nitrogen and oxygen atoms in total. The van der Waals surface area contributed by atoms with Crippen LogP contribution in [0.15, 0.2) is 30.3 Å². The van der Waals surface area contributed by atoms with E-state index in [0.717, 1.165) is 0 Å². The van der Waals surface area contributed by atoms with Gasteiger partial charge >= 0.3 is 5.97 Å². The molecule has 0 amide bonds. The normalized spacial score (nSPS) is 23.6. The van der Waals surface area contributed by atoms with Crippen molar-refractivity contribution in [3.63, 3.8) is 0 Å². The van der Waals surface area contributed by atoms with Crippen molar-refractivity contribution in [3.05, 3.63) is 30.3 Å². The SMILES string of the molecule is CC1(C)OC(=O)C1Oc1ccccc1. The molecule has 1 aliphatic heterocycles. The second-order valence-electron chi connectivity index (χ2n) is 3.84. The Morgan fingerprint density at radius 1 is 1.29 bits per heavy atom. The molecule has 1 aromatic rings. The smallest absolute Gasteiger partial charge is 0.352 e. The number of cyclic esters (lactones) is 1. The van der Waals surface area contributed by atoms with Gasteiger partial charge in [0.05, 0.1) is 0 Å². The predicted octanol–water partition coefficient (Wildman–Crippen LogP) is 1.77. The summed E-state index contributed by atoms with van der Waals surface area (Å²) in [6.45, 7) is 3.67. The standard InChI is InChI=1S/C11H12O3/c1-11(2)9(10(12)14-11)13-8-6-4-3-5-7-8/h3-7,9H,1-2H3. The second kappa shape index (κ2) is 3.01. The first-order valence-corrected chi connectivity index (χ1v) is 4.54. The third-order valence-corrected chi connectivity index (χ3v) is 2.21. The van der Waals surface area contributed by atoms with Crippen molar-refractivity contribution in [1.82, 2.24) is 0 Å². The van der Waals surface area contributed by atoms with E-state index in [1.54, 1.807) is 0 Å². The fourth-order valence-corrected chi connectivity index (χ4v) is 1.42. The zero-order chi connectivity index (χ0) is 10.2. The Hall–Kier alpha value is -1.51. The van der Waals surface area contributed by atoms with E-state index >= 15 is 0 Å². The van der Waals surface area contributed by atoms with Gasteiger partial charge in [0, 0.05) is 0 Å². The number of esters is 1. The molecule has 1 saturated heterocycles. The number of hydrogen-bond donors (Lipinski definition) is 0. The molecule has 3 heteroatoms. The molecule has 0 aliphatic carbocycles. The topological polar surface area (TPSA) is 35.5 Å². The first-order valence-electron chi connectivity index (χ1n) is 4.54. The first kappa shape index (κ1) is 9.06. The molecular weight excluding hydrogens is 180 g/mol. The number of benzene rings is 1. The van der Waals surface area contributed by atoms with Crippen LogP contribution in [0.25, 0.3) is 0 Å². The zero-order valence-corrected chi connectivity index (χ0v) is 8.19. The van der Waals surface area contributed by atoms with Crippen LogP contribution in [0.1, 0.15) is 13.8 Å². The van der Waals surface area contributed by atoms with Crippen LogP contribution in [0, 0.1) is 0 Å². The second-order valence-corrected chi connectivity index (χ2v) is 3.84. The molecule has 1 atom stereocenters. The fourth-order valence-electron chi connectivity index (χ4n) is 1.42. The monoisotopic (exact) mass is 192 g/mol. The van der Waals surface area contributed by atoms with E-state index in [1.165, 1.54) is 0 Å². The van der Waals surface area contributed by atoms with Crippen LogP contribution in [-0.2, 0) is 9.53 Å². The molecule has 0 bridgehead atoms. The Kier molecular flexibility index (Phi) is 1.95. The molecule has 0 N–H and O–H groups in total. The minimum absolute atomic E-state index is 0.293. The Labute approximate surface area is 82.6 Å². The first-order chi connectivity index (χ1) is 6.59. The van der Waals surface area contributed by atoms with E-state index in [4.69, 9.17) is 9.47 Å². The third kappa shape index (κ3) is 1.45. The van der Waals surface area contributed by atoms with Crippen molar-refractivity contribution in [2.24, 2.45) is 0 Å². The number of hydrogen-bond acceptors (Lipinski definition) is 3. The van der Waals surface area contributed by atoms with Crippen molar-refractivity contribution in [2.45, 2.75) is 25.6 Å². The van der Waals surface area contributed by atoms with Gasteiger partial charge in [0.2, 0.25) is 6.10 Å². The van der Waals surface area contributed by atoms with Crippen LogP contribution in [0.4, 0.5) is 0 Å². The lowest BCUT2D eigenvalue weighted by molar-refractivity contribution is -0.214. The Balaban J connectivity index is 2.09. The molecule has 2 rings (SSSR count). The average Bonchev–Trinajstić information content (AvgIpc) is 2.15. The summed E-state index contributed by atoms with van der Waals surface area (Å²) in [6, 6.07) is 9.28. The number of ether oxygens (including phenoxy) is 2. The van der Waals surface area contributed by atoms with Gasteiger partial charge in [0.15, 0.2) is 5.60 Å². The highest BCUT2D eigenvalue weighted by atomic mass is 16.6. The van der Waals surface area contributed by atoms with E-state index in [-0.39, 0.29) is 5.97 Å². The molecule has 1 unspecified atom stereocenters. The van der Waals surface area contributed by atoms with Crippen LogP contribution < -0.4 is 4.74 Å². The van der Waals surface area contributed by atoms with Crippen LogP contribution in [0.5, 0.6) is 5.75 Å². The van der Waals surface area contributed by atoms with Gasteiger partial charge in [0.25, 0.3) is 0 Å². The van der Waals surface area contributed by atoms with E-state index in [0.29, 0.717) is 5.75 Å². The van der Waals surface area contributed by atoms with Gasteiger partial charge in [-0.05, 0) is 26.0 Å². The van der Waals surface area contributed by atoms with Crippen LogP contribution in [0.3, 0.4) is 0 Å². The summed E-state index contributed by atoms with van der Waals surface area (Å²) in [4.78, 5) is 11.1. The van der Waals surface area contributed by atoms with Gasteiger partial charge in [-0.2, -0.15) is 0 Å². The average molecular weight is 192 g/mol. The number of carbonyl (C=O) groups excluding carboxylic acids is 1. The molecule has 1 aromatic carbocycles. The summed E-state index contributed by atoms with van der Waals surface area (Å²) in [7, 11) is 0. The third-order valence-electron chi connectivity index (χ3n) is 2.21. The van der Waals surface area contributed by atoms with Crippen LogP contribution >= 0.6 is 0 Å². The molecule has 1 aliphatic rings. The maximum Gasteiger partial charge on any atom is 0.352 e. The summed E-state index contributed by atoms with van der Waals surface area (Å²) in [5.41, 5.74) is -0.507. The summed E-state index contributed by atoms with van der Waals surface area (Å²) in [5.74, 6) is 0.404. The highest BCUT2D eigenvalue weighted by molar-refractivity contribution is 5.82. The quantitative estimate of drug-likeness (QED) is 0.670. The molecule has 1 fully saturated rings. The summed E-state index contributed by atoms with van der Waals surface area (Å²) in [5, 5.41) is 0. The van der Waals surface area contributed by atoms with E-state index in [9.17, 15) is 4.79 Å². The van der Waals surface area contributed by atoms with Crippen molar-refractivity contribution in [2.75, 3.05) is 0 Å². The van der Waals surface area contributed by atoms with Crippen molar-refractivity contribution >= 4 is 5.97 Å². The maximum absolute atomic E-state index is 11.1. The lowest BCUT2D eigenvalue weighted by Gasteiger charge is -2.41. The Bertz CT molecular complexity index is 343. The van der Waals surface area contributed by atoms with Gasteiger partial charge < -0.3 is 9.47 Å². The molecular formula is C11H12O3. The Morgan fingerprint density at radius 2 is 1.93 bits per heavy atom. The molecule has 0 spiro atoms. The van der Waals surface area contributed by atoms with Gasteiger partial charge in [-0.1, -0.05) is 18.2 Å². The Morgan fingerprint density at radius 3 is 2.43 bits per heavy atom. The number of rotatable bonds is 2. The van der Waals surface area contributed by atoms with Crippen molar-refractivity contribution in [3.8, 4) is 5.75 Å². The molecule has 0 radical (unpaired) electrons. The largest absolute Gasteiger partial charge is 0.474 e. The summed E-state index contributed by atoms with van der Waals surface area (Å²) < 4.78 is 10.5. The minimum atomic E-state index is -0.507. The lowest BCUT2D eigenvalue weighted by Crippen LogP contribution is -2.60. The fraction of sp³-hybridized carbons (Fsp3) is 0.364. The van der Waals surface area contributed by atoms with Gasteiger partial charge in [-0.15, -0.1) is 0 Å². The zero-order valence-electron chi connectivity index (χ0n) is 8.19. The summed E-state index contributed by atoms with van der Waals surface area (Å²) >= 11 is 0. The lowest BCUT2D eigenvalue weighted by atomic mass is 9.95. The van der Waals surface area contributed by atoms with Crippen molar-refractivity contribution < 1.29 is 14.3 Å². The molecule has 14 heavy (non-hydrogen) atoms. The van der Waals surface area contributed by atoms with Gasteiger partial charge in [-0.25, -0.2) is 4.79 Å².